The molecule has 0 bridgehead atoms. The van der Waals surface area contributed by atoms with Crippen molar-refractivity contribution in [3.63, 3.8) is 0 Å². The zero-order valence-electron chi connectivity index (χ0n) is 14.6. The van der Waals surface area contributed by atoms with Gasteiger partial charge < -0.3 is 14.4 Å². The Labute approximate surface area is 149 Å². The molecule has 0 unspecified atom stereocenters. The van der Waals surface area contributed by atoms with E-state index < -0.39 is 5.97 Å². The molecule has 0 fully saturated rings. The minimum absolute atomic E-state index is 0.0353. The molecular weight excluding hydrogens is 334 g/mol. The SMILES string of the molecule is CC(C)c1n[nH]c(-c2cn3c(n2)-c2ccc(CC(=O)O)cc2OCC3)n1. The number of hydrogen-bond donors (Lipinski definition) is 2. The summed E-state index contributed by atoms with van der Waals surface area (Å²) in [5, 5.41) is 16.2. The van der Waals surface area contributed by atoms with E-state index in [0.29, 0.717) is 30.3 Å². The van der Waals surface area contributed by atoms with Crippen LogP contribution in [0.25, 0.3) is 22.9 Å². The molecule has 8 nitrogen and oxygen atoms in total. The van der Waals surface area contributed by atoms with Gasteiger partial charge in [-0.2, -0.15) is 5.10 Å². The van der Waals surface area contributed by atoms with E-state index in [-0.39, 0.29) is 12.3 Å². The largest absolute Gasteiger partial charge is 0.491 e. The van der Waals surface area contributed by atoms with Gasteiger partial charge in [-0.3, -0.25) is 9.89 Å². The van der Waals surface area contributed by atoms with Crippen LogP contribution in [0.3, 0.4) is 0 Å². The number of H-pyrrole nitrogens is 1. The molecule has 1 aromatic carbocycles. The third-order valence-corrected chi connectivity index (χ3v) is 4.27. The Morgan fingerprint density at radius 3 is 2.96 bits per heavy atom. The monoisotopic (exact) mass is 353 g/mol. The van der Waals surface area contributed by atoms with Crippen LogP contribution < -0.4 is 4.74 Å². The van der Waals surface area contributed by atoms with Gasteiger partial charge in [0.1, 0.15) is 23.9 Å². The number of ether oxygens (including phenoxy) is 1. The Bertz CT molecular complexity index is 973. The summed E-state index contributed by atoms with van der Waals surface area (Å²) in [4.78, 5) is 20.2. The molecule has 0 atom stereocenters. The normalized spacial score (nSPS) is 13.0. The maximum Gasteiger partial charge on any atom is 0.307 e. The minimum Gasteiger partial charge on any atom is -0.491 e. The van der Waals surface area contributed by atoms with Gasteiger partial charge >= 0.3 is 5.97 Å². The summed E-state index contributed by atoms with van der Waals surface area (Å²) < 4.78 is 7.83. The fourth-order valence-electron chi connectivity index (χ4n) is 2.97. The number of imidazole rings is 1. The number of nitrogens with zero attached hydrogens (tertiary/aromatic N) is 4. The molecule has 0 radical (unpaired) electrons. The van der Waals surface area contributed by atoms with Crippen molar-refractivity contribution in [1.82, 2.24) is 24.7 Å². The predicted molar refractivity (Wildman–Crippen MR) is 94.0 cm³/mol. The molecule has 134 valence electrons. The highest BCUT2D eigenvalue weighted by atomic mass is 16.5. The first-order valence-electron chi connectivity index (χ1n) is 8.49. The summed E-state index contributed by atoms with van der Waals surface area (Å²) in [6.45, 7) is 5.21. The first-order valence-corrected chi connectivity index (χ1v) is 8.49. The zero-order chi connectivity index (χ0) is 18.3. The van der Waals surface area contributed by atoms with E-state index in [4.69, 9.17) is 14.8 Å². The molecule has 4 rings (SSSR count). The van der Waals surface area contributed by atoms with E-state index in [0.717, 1.165) is 22.9 Å². The van der Waals surface area contributed by atoms with Gasteiger partial charge in [-0.05, 0) is 17.7 Å². The lowest BCUT2D eigenvalue weighted by atomic mass is 10.1. The van der Waals surface area contributed by atoms with Crippen LogP contribution in [0.4, 0.5) is 0 Å². The van der Waals surface area contributed by atoms with Gasteiger partial charge in [0.15, 0.2) is 11.6 Å². The summed E-state index contributed by atoms with van der Waals surface area (Å²) in [5.41, 5.74) is 2.27. The zero-order valence-corrected chi connectivity index (χ0v) is 14.6. The van der Waals surface area contributed by atoms with E-state index in [2.05, 4.69) is 15.2 Å². The van der Waals surface area contributed by atoms with Crippen molar-refractivity contribution in [3.05, 3.63) is 35.8 Å². The van der Waals surface area contributed by atoms with Crippen LogP contribution >= 0.6 is 0 Å². The smallest absolute Gasteiger partial charge is 0.307 e. The van der Waals surface area contributed by atoms with Crippen LogP contribution in [0.2, 0.25) is 0 Å². The van der Waals surface area contributed by atoms with Crippen LogP contribution in [0.15, 0.2) is 24.4 Å². The first kappa shape index (κ1) is 16.3. The highest BCUT2D eigenvalue weighted by molar-refractivity contribution is 5.73. The number of carboxylic acids is 1. The lowest BCUT2D eigenvalue weighted by Gasteiger charge is -2.08. The van der Waals surface area contributed by atoms with Crippen LogP contribution in [-0.2, 0) is 17.8 Å². The minimum atomic E-state index is -0.867. The van der Waals surface area contributed by atoms with Crippen molar-refractivity contribution in [2.75, 3.05) is 6.61 Å². The van der Waals surface area contributed by atoms with Crippen molar-refractivity contribution in [2.45, 2.75) is 32.7 Å². The van der Waals surface area contributed by atoms with E-state index in [1.54, 1.807) is 12.1 Å². The van der Waals surface area contributed by atoms with E-state index >= 15 is 0 Å². The van der Waals surface area contributed by atoms with Gasteiger partial charge in [0.05, 0.1) is 18.5 Å². The number of nitrogens with one attached hydrogen (secondary N) is 1. The number of benzene rings is 1. The summed E-state index contributed by atoms with van der Waals surface area (Å²) in [6.07, 6.45) is 1.90. The molecule has 1 aliphatic heterocycles. The molecule has 2 aromatic heterocycles. The van der Waals surface area contributed by atoms with Gasteiger partial charge in [0, 0.05) is 12.1 Å². The number of rotatable bonds is 4. The lowest BCUT2D eigenvalue weighted by molar-refractivity contribution is -0.136. The van der Waals surface area contributed by atoms with Crippen LogP contribution in [0, 0.1) is 0 Å². The van der Waals surface area contributed by atoms with Gasteiger partial charge in [-0.15, -0.1) is 0 Å². The Balaban J connectivity index is 1.73. The average molecular weight is 353 g/mol. The molecule has 0 spiro atoms. The first-order chi connectivity index (χ1) is 12.5. The van der Waals surface area contributed by atoms with Gasteiger partial charge in [0.2, 0.25) is 0 Å². The average Bonchev–Trinajstić information content (AvgIpc) is 3.19. The molecule has 8 heteroatoms. The molecule has 0 saturated carbocycles. The number of carboxylic acid groups (broad SMARTS) is 1. The summed E-state index contributed by atoms with van der Waals surface area (Å²) >= 11 is 0. The molecule has 3 aromatic rings. The molecule has 0 aliphatic carbocycles. The molecular formula is C18H19N5O3. The number of aromatic amines is 1. The number of fused-ring (bicyclic) bond motifs is 3. The second-order valence-corrected chi connectivity index (χ2v) is 6.59. The molecule has 2 N–H and O–H groups in total. The maximum absolute atomic E-state index is 10.9. The number of carbonyl (C=O) groups is 1. The Hall–Kier alpha value is -3.16. The number of aromatic nitrogens is 5. The fraction of sp³-hybridized carbons (Fsp3) is 0.333. The Morgan fingerprint density at radius 1 is 1.38 bits per heavy atom. The molecule has 0 amide bonds. The van der Waals surface area contributed by atoms with Crippen molar-refractivity contribution in [2.24, 2.45) is 0 Å². The Kier molecular flexibility index (Phi) is 3.95. The van der Waals surface area contributed by atoms with Gasteiger partial charge in [-0.25, -0.2) is 9.97 Å². The fourth-order valence-corrected chi connectivity index (χ4v) is 2.97. The highest BCUT2D eigenvalue weighted by Crippen LogP contribution is 2.34. The van der Waals surface area contributed by atoms with Crippen molar-refractivity contribution in [1.29, 1.82) is 0 Å². The summed E-state index contributed by atoms with van der Waals surface area (Å²) in [7, 11) is 0. The topological polar surface area (TPSA) is 106 Å². The Morgan fingerprint density at radius 2 is 2.23 bits per heavy atom. The van der Waals surface area contributed by atoms with E-state index in [1.165, 1.54) is 0 Å². The van der Waals surface area contributed by atoms with Crippen LogP contribution in [0.1, 0.15) is 31.2 Å². The van der Waals surface area contributed by atoms with Crippen molar-refractivity contribution >= 4 is 5.97 Å². The summed E-state index contributed by atoms with van der Waals surface area (Å²) in [5.74, 6) is 2.19. The van der Waals surface area contributed by atoms with Crippen molar-refractivity contribution in [3.8, 4) is 28.7 Å². The molecule has 3 heterocycles. The standard InChI is InChI=1S/C18H19N5O3/c1-10(2)16-20-17(22-21-16)13-9-23-5-6-26-14-7-11(8-15(24)25)3-4-12(14)18(23)19-13/h3-4,7,9-10H,5-6,8H2,1-2H3,(H,24,25)(H,20,21,22). The molecule has 26 heavy (non-hydrogen) atoms. The third-order valence-electron chi connectivity index (χ3n) is 4.27. The number of aliphatic carboxylic acids is 1. The van der Waals surface area contributed by atoms with E-state index in [1.807, 2.05) is 30.7 Å². The second-order valence-electron chi connectivity index (χ2n) is 6.59. The maximum atomic E-state index is 10.9. The lowest BCUT2D eigenvalue weighted by Crippen LogP contribution is -2.04. The molecule has 1 aliphatic rings. The third kappa shape index (κ3) is 2.94. The number of hydrogen-bond acceptors (Lipinski definition) is 5. The highest BCUT2D eigenvalue weighted by Gasteiger charge is 2.21. The predicted octanol–water partition coefficient (Wildman–Crippen LogP) is 2.48. The van der Waals surface area contributed by atoms with Crippen molar-refractivity contribution < 1.29 is 14.6 Å². The van der Waals surface area contributed by atoms with E-state index in [9.17, 15) is 4.79 Å². The van der Waals surface area contributed by atoms with Gasteiger partial charge in [-0.1, -0.05) is 19.9 Å². The summed E-state index contributed by atoms with van der Waals surface area (Å²) in [6, 6.07) is 5.44. The quantitative estimate of drug-likeness (QED) is 0.746. The second kappa shape index (κ2) is 6.29. The van der Waals surface area contributed by atoms with Gasteiger partial charge in [0.25, 0.3) is 0 Å². The van der Waals surface area contributed by atoms with Crippen LogP contribution in [-0.4, -0.2) is 42.4 Å². The van der Waals surface area contributed by atoms with Crippen LogP contribution in [0.5, 0.6) is 5.75 Å². The molecule has 0 saturated heterocycles.